The highest BCUT2D eigenvalue weighted by atomic mass is 35.5. The summed E-state index contributed by atoms with van der Waals surface area (Å²) in [7, 11) is -3.40. The molecule has 120 valence electrons. The number of unbranched alkanes of at least 4 members (excludes halogenated alkanes) is 1. The van der Waals surface area contributed by atoms with Gasteiger partial charge in [-0.25, -0.2) is 8.42 Å². The Morgan fingerprint density at radius 3 is 2.48 bits per heavy atom. The van der Waals surface area contributed by atoms with Gasteiger partial charge in [0, 0.05) is 29.8 Å². The first-order chi connectivity index (χ1) is 9.61. The van der Waals surface area contributed by atoms with Crippen LogP contribution in [0.25, 0.3) is 0 Å². The summed E-state index contributed by atoms with van der Waals surface area (Å²) in [5.74, 6) is 0. The quantitative estimate of drug-likeness (QED) is 0.770. The van der Waals surface area contributed by atoms with E-state index >= 15 is 0 Å². The lowest BCUT2D eigenvalue weighted by Gasteiger charge is -2.11. The van der Waals surface area contributed by atoms with Crippen LogP contribution in [0, 0.1) is 0 Å². The zero-order valence-electron chi connectivity index (χ0n) is 11.5. The lowest BCUT2D eigenvalue weighted by Crippen LogP contribution is -2.18. The second-order valence-corrected chi connectivity index (χ2v) is 7.13. The van der Waals surface area contributed by atoms with Crippen molar-refractivity contribution in [2.75, 3.05) is 12.8 Å². The third kappa shape index (κ3) is 6.67. The van der Waals surface area contributed by atoms with E-state index in [0.29, 0.717) is 23.6 Å². The van der Waals surface area contributed by atoms with Crippen molar-refractivity contribution in [1.29, 1.82) is 0 Å². The molecule has 1 N–H and O–H groups in total. The maximum Gasteiger partial charge on any atom is 0.389 e. The maximum absolute atomic E-state index is 12.0. The summed E-state index contributed by atoms with van der Waals surface area (Å²) in [5, 5.41) is 3.25. The molecule has 0 spiro atoms. The SMILES string of the molecule is CS(=O)(=O)c1cccc(Cl)c1CNCCCCC(F)(F)F. The molecule has 0 saturated carbocycles. The van der Waals surface area contributed by atoms with Gasteiger partial charge in [-0.1, -0.05) is 17.7 Å². The molecule has 0 aliphatic rings. The molecule has 0 fully saturated rings. The summed E-state index contributed by atoms with van der Waals surface area (Å²) in [5.41, 5.74) is 0.442. The van der Waals surface area contributed by atoms with Gasteiger partial charge in [-0.2, -0.15) is 13.2 Å². The minimum atomic E-state index is -4.13. The summed E-state index contributed by atoms with van der Waals surface area (Å²) in [4.78, 5) is 0.137. The summed E-state index contributed by atoms with van der Waals surface area (Å²) in [6.45, 7) is 0.568. The zero-order valence-corrected chi connectivity index (χ0v) is 13.1. The summed E-state index contributed by atoms with van der Waals surface area (Å²) >= 11 is 5.98. The molecule has 8 heteroatoms. The second-order valence-electron chi connectivity index (χ2n) is 4.74. The van der Waals surface area contributed by atoms with Gasteiger partial charge in [0.2, 0.25) is 0 Å². The smallest absolute Gasteiger partial charge is 0.313 e. The van der Waals surface area contributed by atoms with Crippen molar-refractivity contribution in [2.24, 2.45) is 0 Å². The van der Waals surface area contributed by atoms with Crippen LogP contribution in [0.2, 0.25) is 5.02 Å². The number of sulfone groups is 1. The second kappa shape index (κ2) is 7.47. The van der Waals surface area contributed by atoms with E-state index in [1.54, 1.807) is 12.1 Å². The van der Waals surface area contributed by atoms with Crippen molar-refractivity contribution in [3.63, 3.8) is 0 Å². The average Bonchev–Trinajstić information content (AvgIpc) is 2.32. The van der Waals surface area contributed by atoms with E-state index in [0.717, 1.165) is 6.26 Å². The van der Waals surface area contributed by atoms with Gasteiger partial charge in [-0.15, -0.1) is 0 Å². The first-order valence-corrected chi connectivity index (χ1v) is 8.63. The molecule has 1 aromatic carbocycles. The van der Waals surface area contributed by atoms with Crippen molar-refractivity contribution >= 4 is 21.4 Å². The molecule has 0 amide bonds. The Hall–Kier alpha value is -0.790. The maximum atomic E-state index is 12.0. The number of hydrogen-bond acceptors (Lipinski definition) is 3. The van der Waals surface area contributed by atoms with E-state index < -0.39 is 22.4 Å². The summed E-state index contributed by atoms with van der Waals surface area (Å²) in [6.07, 6.45) is -3.46. The predicted molar refractivity (Wildman–Crippen MR) is 76.2 cm³/mol. The minimum Gasteiger partial charge on any atom is -0.313 e. The fourth-order valence-corrected chi connectivity index (χ4v) is 3.10. The lowest BCUT2D eigenvalue weighted by molar-refractivity contribution is -0.135. The molecule has 0 radical (unpaired) electrons. The van der Waals surface area contributed by atoms with Gasteiger partial charge < -0.3 is 5.32 Å². The Morgan fingerprint density at radius 1 is 1.24 bits per heavy atom. The lowest BCUT2D eigenvalue weighted by atomic mass is 10.2. The third-order valence-electron chi connectivity index (χ3n) is 2.84. The molecule has 0 aliphatic carbocycles. The molecule has 0 atom stereocenters. The minimum absolute atomic E-state index is 0.0396. The normalized spacial score (nSPS) is 12.6. The first kappa shape index (κ1) is 18.3. The molecule has 1 aromatic rings. The first-order valence-electron chi connectivity index (χ1n) is 6.36. The standard InChI is InChI=1S/C13H17ClF3NO2S/c1-21(19,20)12-6-4-5-11(14)10(12)9-18-8-3-2-7-13(15,16)17/h4-6,18H,2-3,7-9H2,1H3. The van der Waals surface area contributed by atoms with Crippen molar-refractivity contribution in [3.8, 4) is 0 Å². The number of hydrogen-bond donors (Lipinski definition) is 1. The van der Waals surface area contributed by atoms with Gasteiger partial charge in [-0.3, -0.25) is 0 Å². The van der Waals surface area contributed by atoms with E-state index in [9.17, 15) is 21.6 Å². The summed E-state index contributed by atoms with van der Waals surface area (Å²) < 4.78 is 59.2. The largest absolute Gasteiger partial charge is 0.389 e. The zero-order chi connectivity index (χ0) is 16.1. The number of benzene rings is 1. The summed E-state index contributed by atoms with van der Waals surface area (Å²) in [6, 6.07) is 4.59. The molecule has 0 heterocycles. The number of rotatable bonds is 7. The predicted octanol–water partition coefficient (Wildman–Crippen LogP) is 3.57. The average molecular weight is 344 g/mol. The number of alkyl halides is 3. The van der Waals surface area contributed by atoms with E-state index in [2.05, 4.69) is 5.32 Å². The van der Waals surface area contributed by atoms with Crippen molar-refractivity contribution < 1.29 is 21.6 Å². The fraction of sp³-hybridized carbons (Fsp3) is 0.538. The Kier molecular flexibility index (Phi) is 6.49. The van der Waals surface area contributed by atoms with E-state index in [-0.39, 0.29) is 17.9 Å². The van der Waals surface area contributed by atoms with Gasteiger partial charge >= 0.3 is 6.18 Å². The molecule has 21 heavy (non-hydrogen) atoms. The molecule has 1 rings (SSSR count). The van der Waals surface area contributed by atoms with Crippen LogP contribution in [0.3, 0.4) is 0 Å². The van der Waals surface area contributed by atoms with Gasteiger partial charge in [-0.05, 0) is 31.5 Å². The number of nitrogens with one attached hydrogen (secondary N) is 1. The molecule has 0 aliphatic heterocycles. The molecular formula is C13H17ClF3NO2S. The van der Waals surface area contributed by atoms with Gasteiger partial charge in [0.25, 0.3) is 0 Å². The van der Waals surface area contributed by atoms with Crippen LogP contribution in [0.4, 0.5) is 13.2 Å². The Labute approximate surface area is 127 Å². The highest BCUT2D eigenvalue weighted by Crippen LogP contribution is 2.24. The van der Waals surface area contributed by atoms with Crippen LogP contribution >= 0.6 is 11.6 Å². The Balaban J connectivity index is 2.53. The van der Waals surface area contributed by atoms with Crippen LogP contribution in [-0.2, 0) is 16.4 Å². The highest BCUT2D eigenvalue weighted by Gasteiger charge is 2.25. The van der Waals surface area contributed by atoms with Crippen LogP contribution in [0.15, 0.2) is 23.1 Å². The Morgan fingerprint density at radius 2 is 1.90 bits per heavy atom. The highest BCUT2D eigenvalue weighted by molar-refractivity contribution is 7.90. The topological polar surface area (TPSA) is 46.2 Å². The fourth-order valence-electron chi connectivity index (χ4n) is 1.85. The third-order valence-corrected chi connectivity index (χ3v) is 4.38. The van der Waals surface area contributed by atoms with Crippen LogP contribution in [-0.4, -0.2) is 27.4 Å². The van der Waals surface area contributed by atoms with Crippen LogP contribution in [0.5, 0.6) is 0 Å². The molecule has 0 unspecified atom stereocenters. The van der Waals surface area contributed by atoms with Crippen LogP contribution < -0.4 is 5.32 Å². The number of halogens is 4. The van der Waals surface area contributed by atoms with E-state index in [1.807, 2.05) is 0 Å². The van der Waals surface area contributed by atoms with Crippen molar-refractivity contribution in [1.82, 2.24) is 5.32 Å². The van der Waals surface area contributed by atoms with E-state index in [4.69, 9.17) is 11.6 Å². The molecule has 0 aromatic heterocycles. The van der Waals surface area contributed by atoms with Gasteiger partial charge in [0.15, 0.2) is 9.84 Å². The monoisotopic (exact) mass is 343 g/mol. The molecule has 3 nitrogen and oxygen atoms in total. The molecule has 0 saturated heterocycles. The molecule has 0 bridgehead atoms. The van der Waals surface area contributed by atoms with Crippen molar-refractivity contribution in [3.05, 3.63) is 28.8 Å². The van der Waals surface area contributed by atoms with Gasteiger partial charge in [0.1, 0.15) is 0 Å². The van der Waals surface area contributed by atoms with Gasteiger partial charge in [0.05, 0.1) is 4.90 Å². The van der Waals surface area contributed by atoms with Crippen LogP contribution in [0.1, 0.15) is 24.8 Å². The van der Waals surface area contributed by atoms with E-state index in [1.165, 1.54) is 6.07 Å². The van der Waals surface area contributed by atoms with Crippen molar-refractivity contribution in [2.45, 2.75) is 36.9 Å². The Bertz CT molecular complexity index is 573. The molecular weight excluding hydrogens is 327 g/mol.